The van der Waals surface area contributed by atoms with Crippen molar-refractivity contribution in [1.82, 2.24) is 4.72 Å². The van der Waals surface area contributed by atoms with Crippen molar-refractivity contribution >= 4 is 30.9 Å². The first-order chi connectivity index (χ1) is 13.5. The Balaban J connectivity index is 2.46. The first-order valence-corrected chi connectivity index (χ1v) is 9.35. The fourth-order valence-corrected chi connectivity index (χ4v) is 3.49. The maximum atomic E-state index is 13.2. The average Bonchev–Trinajstić information content (AvgIpc) is 2.73. The first kappa shape index (κ1) is 21.7. The van der Waals surface area contributed by atoms with Crippen molar-refractivity contribution in [2.24, 2.45) is 11.1 Å². The van der Waals surface area contributed by atoms with E-state index in [0.29, 0.717) is 31.4 Å². The molecule has 1 aliphatic rings. The summed E-state index contributed by atoms with van der Waals surface area (Å²) in [5.74, 6) is -0.301. The number of thiol groups is 1. The highest BCUT2D eigenvalue weighted by Gasteiger charge is 2.36. The third-order valence-electron chi connectivity index (χ3n) is 4.92. The molecule has 0 saturated heterocycles. The Kier molecular flexibility index (Phi) is 7.78. The van der Waals surface area contributed by atoms with Crippen LogP contribution in [0.4, 0.5) is 10.1 Å². The van der Waals surface area contributed by atoms with E-state index in [4.69, 9.17) is 16.6 Å². The molecule has 0 bridgehead atoms. The van der Waals surface area contributed by atoms with E-state index in [1.807, 2.05) is 12.2 Å². The number of nitrogens with two attached hydrogens (primary N) is 1. The summed E-state index contributed by atoms with van der Waals surface area (Å²) in [5.41, 5.74) is 9.36. The molecule has 0 heterocycles. The van der Waals surface area contributed by atoms with Gasteiger partial charge in [0.15, 0.2) is 0 Å². The summed E-state index contributed by atoms with van der Waals surface area (Å²) in [6.07, 6.45) is 9.69. The van der Waals surface area contributed by atoms with Crippen molar-refractivity contribution in [3.63, 3.8) is 0 Å². The van der Waals surface area contributed by atoms with Crippen molar-refractivity contribution in [2.45, 2.75) is 19.3 Å². The number of hydrogen-bond acceptors (Lipinski definition) is 6. The van der Waals surface area contributed by atoms with Crippen LogP contribution in [-0.2, 0) is 0 Å². The molecule has 28 heavy (non-hydrogen) atoms. The molecule has 1 aliphatic carbocycles. The molecule has 0 radical (unpaired) electrons. The van der Waals surface area contributed by atoms with E-state index < -0.39 is 5.41 Å². The molecule has 148 valence electrons. The molecular weight excluding hydrogens is 373 g/mol. The van der Waals surface area contributed by atoms with Crippen molar-refractivity contribution in [3.8, 4) is 0 Å². The van der Waals surface area contributed by atoms with Gasteiger partial charge in [0, 0.05) is 35.8 Å². The summed E-state index contributed by atoms with van der Waals surface area (Å²) in [6.45, 7) is 4.69. The predicted octanol–water partition coefficient (Wildman–Crippen LogP) is 4.35. The van der Waals surface area contributed by atoms with Crippen LogP contribution in [-0.4, -0.2) is 19.0 Å². The fourth-order valence-electron chi connectivity index (χ4n) is 3.38. The molecule has 0 aliphatic heterocycles. The maximum Gasteiger partial charge on any atom is 0.123 e. The highest BCUT2D eigenvalue weighted by Crippen LogP contribution is 2.46. The minimum Gasteiger partial charge on any atom is -0.404 e. The van der Waals surface area contributed by atoms with E-state index in [0.717, 1.165) is 22.5 Å². The van der Waals surface area contributed by atoms with Gasteiger partial charge >= 0.3 is 0 Å². The number of rotatable bonds is 10. The van der Waals surface area contributed by atoms with E-state index in [2.05, 4.69) is 29.4 Å². The summed E-state index contributed by atoms with van der Waals surface area (Å²) < 4.78 is 16.1. The SMILES string of the molecule is C=CC1(C/C(C=N)=C/N)CC(C=N)=C(Nc2ccc(F)cc2)C=C1CCNS. The van der Waals surface area contributed by atoms with E-state index in [9.17, 15) is 4.39 Å². The zero-order valence-corrected chi connectivity index (χ0v) is 16.5. The summed E-state index contributed by atoms with van der Waals surface area (Å²) in [6, 6.07) is 6.10. The lowest BCUT2D eigenvalue weighted by atomic mass is 9.67. The topological polar surface area (TPSA) is 97.8 Å². The number of nitrogens with one attached hydrogen (secondary N) is 4. The van der Waals surface area contributed by atoms with Gasteiger partial charge in [-0.25, -0.2) is 4.39 Å². The van der Waals surface area contributed by atoms with Gasteiger partial charge in [-0.1, -0.05) is 24.5 Å². The minimum atomic E-state index is -0.450. The highest BCUT2D eigenvalue weighted by atomic mass is 32.1. The van der Waals surface area contributed by atoms with Gasteiger partial charge in [-0.15, -0.1) is 6.58 Å². The lowest BCUT2D eigenvalue weighted by Crippen LogP contribution is -2.29. The molecule has 5 nitrogen and oxygen atoms in total. The standard InChI is InChI=1S/C21H26FN5S/c1-2-21(10-15(12-23)13-24)11-16(14-25)20(9-17(21)7-8-26-28)27-19-5-3-18(22)4-6-19/h2-6,9,12-14,23,25-28H,1,7-8,10-11,24H2/b15-13-,23-12?,25-14?. The van der Waals surface area contributed by atoms with Gasteiger partial charge in [-0.05, 0) is 67.0 Å². The second-order valence-electron chi connectivity index (χ2n) is 6.64. The van der Waals surface area contributed by atoms with Crippen molar-refractivity contribution in [3.05, 3.63) is 77.4 Å². The van der Waals surface area contributed by atoms with Gasteiger partial charge in [-0.2, -0.15) is 0 Å². The normalized spacial score (nSPS) is 19.8. The van der Waals surface area contributed by atoms with Crippen LogP contribution < -0.4 is 15.8 Å². The zero-order valence-electron chi connectivity index (χ0n) is 15.6. The van der Waals surface area contributed by atoms with Crippen LogP contribution in [0.2, 0.25) is 0 Å². The van der Waals surface area contributed by atoms with Gasteiger partial charge in [-0.3, -0.25) is 4.72 Å². The predicted molar refractivity (Wildman–Crippen MR) is 118 cm³/mol. The van der Waals surface area contributed by atoms with Gasteiger partial charge < -0.3 is 21.9 Å². The number of allylic oxidation sites excluding steroid dienone is 4. The van der Waals surface area contributed by atoms with Crippen molar-refractivity contribution in [2.75, 3.05) is 11.9 Å². The Morgan fingerprint density at radius 2 is 2.04 bits per heavy atom. The molecular formula is C21H26FN5S. The van der Waals surface area contributed by atoms with Crippen LogP contribution in [0.3, 0.4) is 0 Å². The zero-order chi connectivity index (χ0) is 20.6. The van der Waals surface area contributed by atoms with Crippen molar-refractivity contribution < 1.29 is 4.39 Å². The molecule has 6 N–H and O–H groups in total. The van der Waals surface area contributed by atoms with Gasteiger partial charge in [0.25, 0.3) is 0 Å². The molecule has 0 spiro atoms. The Morgan fingerprint density at radius 3 is 2.57 bits per heavy atom. The summed E-state index contributed by atoms with van der Waals surface area (Å²) in [7, 11) is 0. The lowest BCUT2D eigenvalue weighted by Gasteiger charge is -2.38. The van der Waals surface area contributed by atoms with Gasteiger partial charge in [0.05, 0.1) is 0 Å². The third-order valence-corrected chi connectivity index (χ3v) is 5.15. The molecule has 1 atom stereocenters. The molecule has 1 unspecified atom stereocenters. The van der Waals surface area contributed by atoms with Crippen LogP contribution in [0, 0.1) is 22.1 Å². The first-order valence-electron chi connectivity index (χ1n) is 8.91. The highest BCUT2D eigenvalue weighted by molar-refractivity contribution is 7.78. The number of benzene rings is 1. The second-order valence-corrected chi connectivity index (χ2v) is 6.96. The Hall–Kier alpha value is -2.64. The van der Waals surface area contributed by atoms with Gasteiger partial charge in [0.2, 0.25) is 0 Å². The molecule has 0 saturated carbocycles. The van der Waals surface area contributed by atoms with E-state index >= 15 is 0 Å². The summed E-state index contributed by atoms with van der Waals surface area (Å²) >= 11 is 4.09. The van der Waals surface area contributed by atoms with Crippen LogP contribution >= 0.6 is 12.8 Å². The molecule has 0 amide bonds. The average molecular weight is 400 g/mol. The summed E-state index contributed by atoms with van der Waals surface area (Å²) in [4.78, 5) is 0. The third kappa shape index (κ3) is 4.99. The minimum absolute atomic E-state index is 0.301. The number of anilines is 1. The molecule has 0 aromatic heterocycles. The summed E-state index contributed by atoms with van der Waals surface area (Å²) in [5, 5.41) is 18.8. The molecule has 2 rings (SSSR count). The monoisotopic (exact) mass is 399 g/mol. The number of halogens is 1. The van der Waals surface area contributed by atoms with Crippen LogP contribution in [0.5, 0.6) is 0 Å². The number of hydrogen-bond donors (Lipinski definition) is 6. The Morgan fingerprint density at radius 1 is 1.32 bits per heavy atom. The van der Waals surface area contributed by atoms with Crippen molar-refractivity contribution in [1.29, 1.82) is 10.8 Å². The van der Waals surface area contributed by atoms with E-state index in [1.54, 1.807) is 12.1 Å². The molecule has 7 heteroatoms. The van der Waals surface area contributed by atoms with Crippen LogP contribution in [0.25, 0.3) is 0 Å². The molecule has 1 aromatic rings. The quantitative estimate of drug-likeness (QED) is 0.200. The Labute approximate surface area is 170 Å². The van der Waals surface area contributed by atoms with Crippen LogP contribution in [0.1, 0.15) is 19.3 Å². The molecule has 0 fully saturated rings. The maximum absolute atomic E-state index is 13.2. The molecule has 1 aromatic carbocycles. The second kappa shape index (κ2) is 10.1. The fraction of sp³-hybridized carbons (Fsp3) is 0.238. The lowest BCUT2D eigenvalue weighted by molar-refractivity contribution is 0.438. The van der Waals surface area contributed by atoms with E-state index in [-0.39, 0.29) is 5.82 Å². The Bertz CT molecular complexity index is 826. The van der Waals surface area contributed by atoms with Crippen LogP contribution in [0.15, 0.2) is 71.6 Å². The smallest absolute Gasteiger partial charge is 0.123 e. The van der Waals surface area contributed by atoms with Gasteiger partial charge in [0.1, 0.15) is 5.82 Å². The van der Waals surface area contributed by atoms with E-state index in [1.165, 1.54) is 30.8 Å². The largest absolute Gasteiger partial charge is 0.404 e.